The molecule has 5 nitrogen and oxygen atoms in total. The first kappa shape index (κ1) is 16.2. The van der Waals surface area contributed by atoms with Crippen molar-refractivity contribution in [3.8, 4) is 11.4 Å². The van der Waals surface area contributed by atoms with Crippen LogP contribution in [0.4, 0.5) is 0 Å². The average Bonchev–Trinajstić information content (AvgIpc) is 3.07. The number of para-hydroxylation sites is 2. The van der Waals surface area contributed by atoms with Gasteiger partial charge in [-0.05, 0) is 17.7 Å². The van der Waals surface area contributed by atoms with Crippen LogP contribution in [0.2, 0.25) is 0 Å². The lowest BCUT2D eigenvalue weighted by atomic mass is 10.1. The van der Waals surface area contributed by atoms with Crippen molar-refractivity contribution in [1.29, 1.82) is 0 Å². The van der Waals surface area contributed by atoms with Crippen LogP contribution in [-0.4, -0.2) is 27.0 Å². The van der Waals surface area contributed by atoms with Crippen LogP contribution in [0.5, 0.6) is 5.75 Å². The van der Waals surface area contributed by atoms with Gasteiger partial charge in [0.15, 0.2) is 11.6 Å². The third-order valence-corrected chi connectivity index (χ3v) is 3.84. The van der Waals surface area contributed by atoms with Crippen LogP contribution in [0, 0.1) is 0 Å². The molecule has 1 heterocycles. The van der Waals surface area contributed by atoms with Gasteiger partial charge in [-0.25, -0.2) is 9.67 Å². The number of methoxy groups -OCH3 is 1. The molecule has 124 valence electrons. The molecule has 0 aliphatic carbocycles. The molecule has 0 aliphatic heterocycles. The van der Waals surface area contributed by atoms with Crippen molar-refractivity contribution in [3.63, 3.8) is 0 Å². The lowest BCUT2D eigenvalue weighted by molar-refractivity contribution is 0.206. The third kappa shape index (κ3) is 3.03. The Bertz CT molecular complexity index is 812. The summed E-state index contributed by atoms with van der Waals surface area (Å²) in [5, 5.41) is 15.4. The van der Waals surface area contributed by atoms with E-state index in [4.69, 9.17) is 4.74 Å². The molecule has 0 aliphatic rings. The summed E-state index contributed by atoms with van der Waals surface area (Å²) in [4.78, 5) is 4.58. The molecular weight excluding hydrogens is 302 g/mol. The van der Waals surface area contributed by atoms with E-state index in [0.29, 0.717) is 17.4 Å². The number of aliphatic hydroxyl groups excluding tert-OH is 1. The predicted octanol–water partition coefficient (Wildman–Crippen LogP) is 3.48. The molecule has 1 atom stereocenters. The molecule has 0 spiro atoms. The van der Waals surface area contributed by atoms with E-state index in [2.05, 4.69) is 10.1 Å². The standard InChI is InChI=1S/C19H21N3O2/c1-13(2)18-20-19(17(23)14-9-5-4-6-10-14)22(21-18)15-11-7-8-12-16(15)24-3/h4-13,17,23H,1-3H3/t17-/m1/s1. The molecule has 5 heteroatoms. The molecule has 0 unspecified atom stereocenters. The predicted molar refractivity (Wildman–Crippen MR) is 92.5 cm³/mol. The highest BCUT2D eigenvalue weighted by molar-refractivity contribution is 5.47. The van der Waals surface area contributed by atoms with Crippen molar-refractivity contribution in [2.45, 2.75) is 25.9 Å². The zero-order valence-electron chi connectivity index (χ0n) is 14.0. The average molecular weight is 323 g/mol. The molecule has 24 heavy (non-hydrogen) atoms. The zero-order chi connectivity index (χ0) is 17.1. The molecule has 1 N–H and O–H groups in total. The number of ether oxygens (including phenoxy) is 1. The van der Waals surface area contributed by atoms with Gasteiger partial charge in [0.05, 0.1) is 7.11 Å². The number of hydrogen-bond donors (Lipinski definition) is 1. The number of benzene rings is 2. The fourth-order valence-corrected chi connectivity index (χ4v) is 2.53. The van der Waals surface area contributed by atoms with Crippen molar-refractivity contribution in [1.82, 2.24) is 14.8 Å². The van der Waals surface area contributed by atoms with Crippen LogP contribution in [-0.2, 0) is 0 Å². The van der Waals surface area contributed by atoms with E-state index in [1.807, 2.05) is 68.4 Å². The lowest BCUT2D eigenvalue weighted by Crippen LogP contribution is -2.10. The number of rotatable bonds is 5. The molecule has 3 aromatic rings. The fourth-order valence-electron chi connectivity index (χ4n) is 2.53. The molecule has 3 rings (SSSR count). The zero-order valence-corrected chi connectivity index (χ0v) is 14.0. The summed E-state index contributed by atoms with van der Waals surface area (Å²) in [7, 11) is 1.62. The van der Waals surface area contributed by atoms with Gasteiger partial charge in [0.25, 0.3) is 0 Å². The molecule has 0 amide bonds. The Balaban J connectivity index is 2.15. The first-order valence-electron chi connectivity index (χ1n) is 7.95. The maximum Gasteiger partial charge on any atom is 0.165 e. The van der Waals surface area contributed by atoms with Crippen molar-refractivity contribution in [2.24, 2.45) is 0 Å². The topological polar surface area (TPSA) is 60.2 Å². The molecule has 0 radical (unpaired) electrons. The monoisotopic (exact) mass is 323 g/mol. The third-order valence-electron chi connectivity index (χ3n) is 3.84. The second-order valence-electron chi connectivity index (χ2n) is 5.88. The Hall–Kier alpha value is -2.66. The molecular formula is C19H21N3O2. The first-order valence-corrected chi connectivity index (χ1v) is 7.95. The van der Waals surface area contributed by atoms with Gasteiger partial charge in [0, 0.05) is 5.92 Å². The van der Waals surface area contributed by atoms with Crippen LogP contribution < -0.4 is 4.74 Å². The minimum atomic E-state index is -0.865. The minimum Gasteiger partial charge on any atom is -0.494 e. The number of aromatic nitrogens is 3. The highest BCUT2D eigenvalue weighted by atomic mass is 16.5. The Morgan fingerprint density at radius 3 is 2.33 bits per heavy atom. The Kier molecular flexibility index (Phi) is 4.62. The van der Waals surface area contributed by atoms with E-state index in [1.165, 1.54) is 0 Å². The molecule has 0 saturated carbocycles. The van der Waals surface area contributed by atoms with E-state index < -0.39 is 6.10 Å². The van der Waals surface area contributed by atoms with E-state index in [-0.39, 0.29) is 5.92 Å². The molecule has 1 aromatic heterocycles. The number of hydrogen-bond acceptors (Lipinski definition) is 4. The summed E-state index contributed by atoms with van der Waals surface area (Å²) in [6, 6.07) is 17.0. The summed E-state index contributed by atoms with van der Waals surface area (Å²) >= 11 is 0. The van der Waals surface area contributed by atoms with Crippen molar-refractivity contribution in [3.05, 3.63) is 71.8 Å². The van der Waals surface area contributed by atoms with Crippen LogP contribution in [0.3, 0.4) is 0 Å². The van der Waals surface area contributed by atoms with Crippen LogP contribution in [0.25, 0.3) is 5.69 Å². The number of nitrogens with zero attached hydrogens (tertiary/aromatic N) is 3. The first-order chi connectivity index (χ1) is 11.6. The smallest absolute Gasteiger partial charge is 0.165 e. The van der Waals surface area contributed by atoms with Gasteiger partial charge in [-0.15, -0.1) is 0 Å². The highest BCUT2D eigenvalue weighted by Gasteiger charge is 2.23. The van der Waals surface area contributed by atoms with Gasteiger partial charge >= 0.3 is 0 Å². The molecule has 0 saturated heterocycles. The molecule has 2 aromatic carbocycles. The maximum atomic E-state index is 10.8. The van der Waals surface area contributed by atoms with Gasteiger partial charge in [0.2, 0.25) is 0 Å². The van der Waals surface area contributed by atoms with Gasteiger partial charge in [-0.2, -0.15) is 5.10 Å². The van der Waals surface area contributed by atoms with E-state index >= 15 is 0 Å². The normalized spacial score (nSPS) is 12.4. The van der Waals surface area contributed by atoms with Gasteiger partial charge in [0.1, 0.15) is 17.5 Å². The summed E-state index contributed by atoms with van der Waals surface area (Å²) in [5.41, 5.74) is 1.53. The largest absolute Gasteiger partial charge is 0.494 e. The second-order valence-corrected chi connectivity index (χ2v) is 5.88. The highest BCUT2D eigenvalue weighted by Crippen LogP contribution is 2.28. The van der Waals surface area contributed by atoms with Crippen LogP contribution in [0.15, 0.2) is 54.6 Å². The minimum absolute atomic E-state index is 0.155. The summed E-state index contributed by atoms with van der Waals surface area (Å²) in [6.45, 7) is 4.06. The van der Waals surface area contributed by atoms with E-state index in [1.54, 1.807) is 11.8 Å². The van der Waals surface area contributed by atoms with Crippen molar-refractivity contribution >= 4 is 0 Å². The van der Waals surface area contributed by atoms with Gasteiger partial charge in [-0.1, -0.05) is 56.3 Å². The number of aliphatic hydroxyl groups is 1. The Morgan fingerprint density at radius 1 is 1.00 bits per heavy atom. The van der Waals surface area contributed by atoms with Gasteiger partial charge in [-0.3, -0.25) is 0 Å². The van der Waals surface area contributed by atoms with E-state index in [9.17, 15) is 5.11 Å². The lowest BCUT2D eigenvalue weighted by Gasteiger charge is -2.14. The quantitative estimate of drug-likeness (QED) is 0.781. The Morgan fingerprint density at radius 2 is 1.67 bits per heavy atom. The second kappa shape index (κ2) is 6.84. The Labute approximate surface area is 141 Å². The van der Waals surface area contributed by atoms with Crippen molar-refractivity contribution < 1.29 is 9.84 Å². The van der Waals surface area contributed by atoms with Crippen molar-refractivity contribution in [2.75, 3.05) is 7.11 Å². The SMILES string of the molecule is COc1ccccc1-n1nc(C(C)C)nc1[C@H](O)c1ccccc1. The summed E-state index contributed by atoms with van der Waals surface area (Å²) in [6.07, 6.45) is -0.865. The van der Waals surface area contributed by atoms with Gasteiger partial charge < -0.3 is 9.84 Å². The summed E-state index contributed by atoms with van der Waals surface area (Å²) < 4.78 is 7.11. The summed E-state index contributed by atoms with van der Waals surface area (Å²) in [5.74, 6) is 2.00. The fraction of sp³-hybridized carbons (Fsp3) is 0.263. The van der Waals surface area contributed by atoms with Crippen LogP contribution >= 0.6 is 0 Å². The maximum absolute atomic E-state index is 10.8. The van der Waals surface area contributed by atoms with E-state index in [0.717, 1.165) is 11.3 Å². The molecule has 0 fully saturated rings. The molecule has 0 bridgehead atoms. The van der Waals surface area contributed by atoms with Crippen LogP contribution in [0.1, 0.15) is 43.1 Å².